The Morgan fingerprint density at radius 3 is 2.66 bits per heavy atom. The van der Waals surface area contributed by atoms with Crippen molar-refractivity contribution in [2.75, 3.05) is 44.3 Å². The number of carbonyl (C=O) groups is 2. The third-order valence-corrected chi connectivity index (χ3v) is 6.65. The van der Waals surface area contributed by atoms with Crippen LogP contribution in [-0.2, 0) is 9.53 Å². The normalized spacial score (nSPS) is 16.9. The molecule has 2 saturated heterocycles. The van der Waals surface area contributed by atoms with Crippen LogP contribution < -0.4 is 10.3 Å². The van der Waals surface area contributed by atoms with Gasteiger partial charge in [0.05, 0.1) is 24.5 Å². The molecule has 2 aliphatic heterocycles. The number of nitrogens with zero attached hydrogens (tertiary/aromatic N) is 5. The van der Waals surface area contributed by atoms with Crippen molar-refractivity contribution in [2.45, 2.75) is 6.92 Å². The summed E-state index contributed by atoms with van der Waals surface area (Å²) in [5.41, 5.74) is 0.0885. The summed E-state index contributed by atoms with van der Waals surface area (Å²) < 4.78 is 6.87. The fourth-order valence-electron chi connectivity index (χ4n) is 4.14. The molecule has 0 spiro atoms. The van der Waals surface area contributed by atoms with Gasteiger partial charge in [0.1, 0.15) is 11.4 Å². The van der Waals surface area contributed by atoms with Gasteiger partial charge in [-0.2, -0.15) is 0 Å². The van der Waals surface area contributed by atoms with E-state index in [1.807, 2.05) is 9.80 Å². The number of hydrogen-bond acceptors (Lipinski definition) is 8. The van der Waals surface area contributed by atoms with Gasteiger partial charge in [-0.3, -0.25) is 14.2 Å². The SMILES string of the molecule is Cc1cc(N2CC(C(=O)N3CCOCC3)C2)nc2c1c(=O)c(C(=O)O)cn2-c1nccs1. The van der Waals surface area contributed by atoms with E-state index in [1.54, 1.807) is 29.1 Å². The number of morpholine rings is 1. The van der Waals surface area contributed by atoms with Crippen molar-refractivity contribution in [3.63, 3.8) is 0 Å². The van der Waals surface area contributed by atoms with E-state index < -0.39 is 11.4 Å². The average Bonchev–Trinajstić information content (AvgIpc) is 3.27. The van der Waals surface area contributed by atoms with Crippen LogP contribution >= 0.6 is 11.3 Å². The van der Waals surface area contributed by atoms with E-state index in [-0.39, 0.29) is 22.8 Å². The standard InChI is InChI=1S/C21H21N5O5S/c1-12-8-15(25-9-13(10-25)19(28)24-3-5-31-6-4-24)23-18-16(12)17(27)14(20(29)30)11-26(18)21-22-2-7-32-21/h2,7-8,11,13H,3-6,9-10H2,1H3,(H,29,30). The number of anilines is 1. The van der Waals surface area contributed by atoms with Crippen molar-refractivity contribution in [1.29, 1.82) is 0 Å². The maximum atomic E-state index is 12.9. The quantitative estimate of drug-likeness (QED) is 0.622. The lowest BCUT2D eigenvalue weighted by atomic mass is 9.97. The zero-order valence-corrected chi connectivity index (χ0v) is 18.2. The third kappa shape index (κ3) is 3.43. The first-order valence-corrected chi connectivity index (χ1v) is 11.1. The first-order valence-electron chi connectivity index (χ1n) is 10.3. The highest BCUT2D eigenvalue weighted by Crippen LogP contribution is 2.29. The van der Waals surface area contributed by atoms with E-state index in [1.165, 1.54) is 17.5 Å². The summed E-state index contributed by atoms with van der Waals surface area (Å²) in [7, 11) is 0. The fraction of sp³-hybridized carbons (Fsp3) is 0.381. The zero-order valence-electron chi connectivity index (χ0n) is 17.4. The predicted molar refractivity (Wildman–Crippen MR) is 118 cm³/mol. The molecule has 0 bridgehead atoms. The van der Waals surface area contributed by atoms with Crippen LogP contribution in [0.4, 0.5) is 5.82 Å². The molecule has 5 heterocycles. The highest BCUT2D eigenvalue weighted by atomic mass is 32.1. The van der Waals surface area contributed by atoms with Crippen molar-refractivity contribution in [1.82, 2.24) is 19.4 Å². The number of hydrogen-bond donors (Lipinski definition) is 1. The molecule has 0 aromatic carbocycles. The van der Waals surface area contributed by atoms with Gasteiger partial charge in [0.15, 0.2) is 10.8 Å². The Hall–Kier alpha value is -3.31. The van der Waals surface area contributed by atoms with Crippen LogP contribution in [0.1, 0.15) is 15.9 Å². The number of ether oxygens (including phenoxy) is 1. The summed E-state index contributed by atoms with van der Waals surface area (Å²) in [6.07, 6.45) is 2.89. The van der Waals surface area contributed by atoms with Gasteiger partial charge >= 0.3 is 5.97 Å². The second kappa shape index (κ2) is 7.99. The van der Waals surface area contributed by atoms with Gasteiger partial charge in [0.25, 0.3) is 0 Å². The summed E-state index contributed by atoms with van der Waals surface area (Å²) in [5.74, 6) is -0.610. The molecule has 0 aliphatic carbocycles. The van der Waals surface area contributed by atoms with E-state index >= 15 is 0 Å². The van der Waals surface area contributed by atoms with Crippen LogP contribution in [-0.4, -0.2) is 75.8 Å². The van der Waals surface area contributed by atoms with E-state index in [0.29, 0.717) is 61.6 Å². The topological polar surface area (TPSA) is 118 Å². The molecular formula is C21H21N5O5S. The minimum Gasteiger partial charge on any atom is -0.477 e. The van der Waals surface area contributed by atoms with E-state index in [2.05, 4.69) is 4.98 Å². The Labute approximate surface area is 186 Å². The molecule has 1 amide bonds. The molecular weight excluding hydrogens is 434 g/mol. The molecule has 0 unspecified atom stereocenters. The number of fused-ring (bicyclic) bond motifs is 1. The van der Waals surface area contributed by atoms with Crippen molar-refractivity contribution in [2.24, 2.45) is 5.92 Å². The Bertz CT molecular complexity index is 1260. The molecule has 10 nitrogen and oxygen atoms in total. The third-order valence-electron chi connectivity index (χ3n) is 5.88. The van der Waals surface area contributed by atoms with Crippen molar-refractivity contribution < 1.29 is 19.4 Å². The van der Waals surface area contributed by atoms with Gasteiger partial charge in [-0.25, -0.2) is 14.8 Å². The first kappa shape index (κ1) is 20.6. The summed E-state index contributed by atoms with van der Waals surface area (Å²) in [5, 5.41) is 12.1. The van der Waals surface area contributed by atoms with E-state index in [4.69, 9.17) is 9.72 Å². The van der Waals surface area contributed by atoms with Gasteiger partial charge < -0.3 is 19.6 Å². The number of aryl methyl sites for hydroxylation is 1. The number of aromatic carboxylic acids is 1. The Balaban J connectivity index is 1.50. The minimum absolute atomic E-state index is 0.0959. The molecule has 0 saturated carbocycles. The molecule has 3 aromatic heterocycles. The van der Waals surface area contributed by atoms with Gasteiger partial charge in [-0.15, -0.1) is 11.3 Å². The highest BCUT2D eigenvalue weighted by molar-refractivity contribution is 7.12. The molecule has 0 radical (unpaired) electrons. The minimum atomic E-state index is -1.29. The summed E-state index contributed by atoms with van der Waals surface area (Å²) in [6, 6.07) is 1.77. The van der Waals surface area contributed by atoms with Crippen LogP contribution in [0.3, 0.4) is 0 Å². The second-order valence-electron chi connectivity index (χ2n) is 7.90. The summed E-state index contributed by atoms with van der Waals surface area (Å²) >= 11 is 1.32. The predicted octanol–water partition coefficient (Wildman–Crippen LogP) is 1.14. The lowest BCUT2D eigenvalue weighted by molar-refractivity contribution is -0.140. The van der Waals surface area contributed by atoms with Crippen molar-refractivity contribution in [3.05, 3.63) is 45.2 Å². The van der Waals surface area contributed by atoms with E-state index in [9.17, 15) is 19.5 Å². The lowest BCUT2D eigenvalue weighted by Crippen LogP contribution is -2.56. The maximum Gasteiger partial charge on any atom is 0.341 e. The Morgan fingerprint density at radius 2 is 2.00 bits per heavy atom. The van der Waals surface area contributed by atoms with Gasteiger partial charge in [-0.05, 0) is 18.6 Å². The van der Waals surface area contributed by atoms with Crippen LogP contribution in [0.5, 0.6) is 0 Å². The van der Waals surface area contributed by atoms with Crippen molar-refractivity contribution in [3.8, 4) is 5.13 Å². The molecule has 0 atom stereocenters. The molecule has 5 rings (SSSR count). The number of carbonyl (C=O) groups excluding carboxylic acids is 1. The fourth-order valence-corrected chi connectivity index (χ4v) is 4.75. The molecule has 11 heteroatoms. The highest BCUT2D eigenvalue weighted by Gasteiger charge is 2.37. The van der Waals surface area contributed by atoms with Crippen LogP contribution in [0, 0.1) is 12.8 Å². The number of pyridine rings is 2. The summed E-state index contributed by atoms with van der Waals surface area (Å²) in [4.78, 5) is 50.0. The molecule has 32 heavy (non-hydrogen) atoms. The van der Waals surface area contributed by atoms with Crippen molar-refractivity contribution >= 4 is 40.1 Å². The Morgan fingerprint density at radius 1 is 1.25 bits per heavy atom. The number of carboxylic acids is 1. The second-order valence-corrected chi connectivity index (χ2v) is 8.77. The smallest absolute Gasteiger partial charge is 0.341 e. The molecule has 2 aliphatic rings. The summed E-state index contributed by atoms with van der Waals surface area (Å²) in [6.45, 7) is 5.23. The first-order chi connectivity index (χ1) is 15.4. The Kier molecular flexibility index (Phi) is 5.14. The number of amides is 1. The molecule has 166 valence electrons. The van der Waals surface area contributed by atoms with Gasteiger partial charge in [-0.1, -0.05) is 0 Å². The molecule has 2 fully saturated rings. The number of thiazole rings is 1. The zero-order chi connectivity index (χ0) is 22.4. The van der Waals surface area contributed by atoms with Gasteiger partial charge in [0, 0.05) is 44.0 Å². The average molecular weight is 455 g/mol. The lowest BCUT2D eigenvalue weighted by Gasteiger charge is -2.42. The van der Waals surface area contributed by atoms with Crippen LogP contribution in [0.25, 0.3) is 16.2 Å². The number of carboxylic acid groups (broad SMARTS) is 1. The monoisotopic (exact) mass is 455 g/mol. The van der Waals surface area contributed by atoms with Crippen LogP contribution in [0.15, 0.2) is 28.6 Å². The number of rotatable bonds is 4. The maximum absolute atomic E-state index is 12.9. The largest absolute Gasteiger partial charge is 0.477 e. The number of aromatic nitrogens is 3. The van der Waals surface area contributed by atoms with Crippen LogP contribution in [0.2, 0.25) is 0 Å². The molecule has 1 N–H and O–H groups in total. The van der Waals surface area contributed by atoms with E-state index in [0.717, 1.165) is 0 Å². The molecule has 3 aromatic rings. The van der Waals surface area contributed by atoms with Gasteiger partial charge in [0.2, 0.25) is 11.3 Å².